The monoisotopic (exact) mass is 225 g/mol. The molecule has 0 unspecified atom stereocenters. The summed E-state index contributed by atoms with van der Waals surface area (Å²) >= 11 is 4.21. The van der Waals surface area contributed by atoms with Gasteiger partial charge in [-0.2, -0.15) is 12.6 Å². The van der Waals surface area contributed by atoms with Gasteiger partial charge in [-0.1, -0.05) is 18.2 Å². The maximum Gasteiger partial charge on any atom is 0.122 e. The number of benzene rings is 1. The molecule has 15 heavy (non-hydrogen) atoms. The lowest BCUT2D eigenvalue weighted by Gasteiger charge is -2.16. The molecule has 0 aromatic heterocycles. The first-order chi connectivity index (χ1) is 7.27. The molecule has 3 heteroatoms. The second kappa shape index (κ2) is 6.75. The van der Waals surface area contributed by atoms with Crippen molar-refractivity contribution in [1.29, 1.82) is 0 Å². The molecular formula is C12H19NOS. The summed E-state index contributed by atoms with van der Waals surface area (Å²) in [6, 6.07) is 8.18. The zero-order valence-electron chi connectivity index (χ0n) is 9.44. The highest BCUT2D eigenvalue weighted by Gasteiger charge is 2.03. The van der Waals surface area contributed by atoms with Crippen molar-refractivity contribution in [2.24, 2.45) is 0 Å². The van der Waals surface area contributed by atoms with Crippen LogP contribution in [0.3, 0.4) is 0 Å². The predicted octanol–water partition coefficient (Wildman–Crippen LogP) is 2.10. The number of rotatable bonds is 6. The third kappa shape index (κ3) is 4.14. The number of hydrogen-bond donors (Lipinski definition) is 1. The zero-order chi connectivity index (χ0) is 11.1. The number of para-hydroxylation sites is 1. The number of nitrogens with zero attached hydrogens (tertiary/aromatic N) is 1. The summed E-state index contributed by atoms with van der Waals surface area (Å²) in [4.78, 5) is 2.28. The van der Waals surface area contributed by atoms with Crippen LogP contribution in [0.5, 0.6) is 5.75 Å². The smallest absolute Gasteiger partial charge is 0.122 e. The van der Waals surface area contributed by atoms with Crippen molar-refractivity contribution < 1.29 is 4.74 Å². The first-order valence-electron chi connectivity index (χ1n) is 5.19. The molecule has 0 aliphatic heterocycles. The highest BCUT2D eigenvalue weighted by Crippen LogP contribution is 2.17. The second-order valence-corrected chi connectivity index (χ2v) is 4.04. The van der Waals surface area contributed by atoms with Gasteiger partial charge in [-0.3, -0.25) is 0 Å². The molecule has 1 rings (SSSR count). The highest BCUT2D eigenvalue weighted by atomic mass is 32.1. The molecule has 2 nitrogen and oxygen atoms in total. The van der Waals surface area contributed by atoms with Crippen molar-refractivity contribution in [3.05, 3.63) is 29.8 Å². The number of likely N-dealkylation sites (N-methyl/N-ethyl adjacent to an activating group) is 1. The van der Waals surface area contributed by atoms with Gasteiger partial charge >= 0.3 is 0 Å². The van der Waals surface area contributed by atoms with Crippen LogP contribution in [0.15, 0.2) is 24.3 Å². The lowest BCUT2D eigenvalue weighted by atomic mass is 10.1. The summed E-state index contributed by atoms with van der Waals surface area (Å²) in [6.07, 6.45) is 1.02. The Hall–Kier alpha value is -0.670. The first-order valence-corrected chi connectivity index (χ1v) is 5.82. The molecule has 0 saturated heterocycles. The van der Waals surface area contributed by atoms with Crippen molar-refractivity contribution in [2.75, 3.05) is 33.0 Å². The minimum absolute atomic E-state index is 0.905. The van der Waals surface area contributed by atoms with Crippen molar-refractivity contribution in [3.63, 3.8) is 0 Å². The van der Waals surface area contributed by atoms with Crippen molar-refractivity contribution >= 4 is 12.6 Å². The van der Waals surface area contributed by atoms with Gasteiger partial charge in [0.05, 0.1) is 7.11 Å². The molecule has 0 bridgehead atoms. The van der Waals surface area contributed by atoms with Crippen molar-refractivity contribution in [2.45, 2.75) is 6.42 Å². The highest BCUT2D eigenvalue weighted by molar-refractivity contribution is 7.80. The van der Waals surface area contributed by atoms with E-state index in [1.807, 2.05) is 12.1 Å². The normalized spacial score (nSPS) is 10.7. The van der Waals surface area contributed by atoms with Crippen LogP contribution in [0.1, 0.15) is 5.56 Å². The Kier molecular flexibility index (Phi) is 5.58. The summed E-state index contributed by atoms with van der Waals surface area (Å²) in [5.41, 5.74) is 1.27. The molecule has 0 amide bonds. The summed E-state index contributed by atoms with van der Waals surface area (Å²) in [6.45, 7) is 2.07. The van der Waals surface area contributed by atoms with Crippen molar-refractivity contribution in [3.8, 4) is 5.75 Å². The van der Waals surface area contributed by atoms with E-state index in [4.69, 9.17) is 4.74 Å². The third-order valence-corrected chi connectivity index (χ3v) is 2.64. The van der Waals surface area contributed by atoms with Gasteiger partial charge < -0.3 is 9.64 Å². The molecular weight excluding hydrogens is 206 g/mol. The number of ether oxygens (including phenoxy) is 1. The second-order valence-electron chi connectivity index (χ2n) is 3.59. The number of hydrogen-bond acceptors (Lipinski definition) is 3. The van der Waals surface area contributed by atoms with E-state index in [2.05, 4.69) is 36.7 Å². The van der Waals surface area contributed by atoms with Gasteiger partial charge in [0, 0.05) is 18.8 Å². The molecule has 0 fully saturated rings. The SMILES string of the molecule is COc1ccccc1CCN(C)CCS. The van der Waals surface area contributed by atoms with Crippen LogP contribution in [-0.4, -0.2) is 37.9 Å². The van der Waals surface area contributed by atoms with Crippen LogP contribution in [0, 0.1) is 0 Å². The van der Waals surface area contributed by atoms with Crippen LogP contribution >= 0.6 is 12.6 Å². The standard InChI is InChI=1S/C12H19NOS/c1-13(9-10-15)8-7-11-5-3-4-6-12(11)14-2/h3-6,15H,7-10H2,1-2H3. The van der Waals surface area contributed by atoms with E-state index >= 15 is 0 Å². The minimum atomic E-state index is 0.905. The van der Waals surface area contributed by atoms with Gasteiger partial charge in [0.25, 0.3) is 0 Å². The number of thiol groups is 1. The van der Waals surface area contributed by atoms with Crippen LogP contribution in [0.2, 0.25) is 0 Å². The molecule has 0 spiro atoms. The quantitative estimate of drug-likeness (QED) is 0.744. The summed E-state index contributed by atoms with van der Waals surface area (Å²) in [5.74, 6) is 1.89. The van der Waals surface area contributed by atoms with E-state index in [0.29, 0.717) is 0 Å². The largest absolute Gasteiger partial charge is 0.496 e. The van der Waals surface area contributed by atoms with Gasteiger partial charge in [-0.05, 0) is 25.1 Å². The van der Waals surface area contributed by atoms with Crippen molar-refractivity contribution in [1.82, 2.24) is 4.90 Å². The average Bonchev–Trinajstić information content (AvgIpc) is 2.27. The van der Waals surface area contributed by atoms with Gasteiger partial charge in [-0.25, -0.2) is 0 Å². The van der Waals surface area contributed by atoms with E-state index in [1.54, 1.807) is 7.11 Å². The van der Waals surface area contributed by atoms with Gasteiger partial charge in [0.15, 0.2) is 0 Å². The fourth-order valence-corrected chi connectivity index (χ4v) is 1.84. The summed E-state index contributed by atoms with van der Waals surface area (Å²) in [7, 11) is 3.84. The molecule has 0 saturated carbocycles. The molecule has 1 aromatic rings. The van der Waals surface area contributed by atoms with Gasteiger partial charge in [-0.15, -0.1) is 0 Å². The lowest BCUT2D eigenvalue weighted by Crippen LogP contribution is -2.23. The molecule has 0 atom stereocenters. The third-order valence-electron chi connectivity index (χ3n) is 2.44. The zero-order valence-corrected chi connectivity index (χ0v) is 10.3. The van der Waals surface area contributed by atoms with E-state index in [1.165, 1.54) is 5.56 Å². The Morgan fingerprint density at radius 2 is 2.00 bits per heavy atom. The van der Waals surface area contributed by atoms with Crippen LogP contribution in [-0.2, 0) is 6.42 Å². The topological polar surface area (TPSA) is 12.5 Å². The van der Waals surface area contributed by atoms with E-state index in [9.17, 15) is 0 Å². The Morgan fingerprint density at radius 3 is 2.67 bits per heavy atom. The maximum absolute atomic E-state index is 5.30. The Bertz CT molecular complexity index is 291. The maximum atomic E-state index is 5.30. The molecule has 0 N–H and O–H groups in total. The van der Waals surface area contributed by atoms with E-state index < -0.39 is 0 Å². The van der Waals surface area contributed by atoms with E-state index in [-0.39, 0.29) is 0 Å². The first kappa shape index (κ1) is 12.4. The van der Waals surface area contributed by atoms with Crippen LogP contribution in [0.25, 0.3) is 0 Å². The fraction of sp³-hybridized carbons (Fsp3) is 0.500. The van der Waals surface area contributed by atoms with Gasteiger partial charge in [0.2, 0.25) is 0 Å². The fourth-order valence-electron chi connectivity index (χ4n) is 1.50. The van der Waals surface area contributed by atoms with E-state index in [0.717, 1.165) is 31.0 Å². The van der Waals surface area contributed by atoms with Gasteiger partial charge in [0.1, 0.15) is 5.75 Å². The minimum Gasteiger partial charge on any atom is -0.496 e. The Balaban J connectivity index is 2.49. The molecule has 0 heterocycles. The molecule has 1 aromatic carbocycles. The summed E-state index contributed by atoms with van der Waals surface area (Å²) < 4.78 is 5.30. The molecule has 84 valence electrons. The van der Waals surface area contributed by atoms with Crippen LogP contribution < -0.4 is 4.74 Å². The Labute approximate surface area is 97.6 Å². The molecule has 0 aliphatic rings. The molecule has 0 aliphatic carbocycles. The average molecular weight is 225 g/mol. The number of methoxy groups -OCH3 is 1. The summed E-state index contributed by atoms with van der Waals surface area (Å²) in [5, 5.41) is 0. The Morgan fingerprint density at radius 1 is 1.27 bits per heavy atom. The molecule has 0 radical (unpaired) electrons. The predicted molar refractivity (Wildman–Crippen MR) is 68.0 cm³/mol. The van der Waals surface area contributed by atoms with Crippen LogP contribution in [0.4, 0.5) is 0 Å². The lowest BCUT2D eigenvalue weighted by molar-refractivity contribution is 0.355.